The number of aliphatic hydroxyl groups is 4. The zero-order valence-electron chi connectivity index (χ0n) is 12.2. The third-order valence-corrected chi connectivity index (χ3v) is 3.39. The van der Waals surface area contributed by atoms with E-state index in [1.54, 1.807) is 0 Å². The van der Waals surface area contributed by atoms with Crippen molar-refractivity contribution < 1.29 is 20.4 Å². The molecule has 0 fully saturated rings. The van der Waals surface area contributed by atoms with Crippen molar-refractivity contribution in [3.63, 3.8) is 0 Å². The standard InChI is InChI=1S/C15H25NO4/c1-9(2)12-6-11(5-4-10(12)3)16-7-13(18)15(20)14(19)8-17/h4-6,9,13-20H,7-8H2,1-3H3/t13-,14+,15-/m0/s1. The summed E-state index contributed by atoms with van der Waals surface area (Å²) in [6, 6.07) is 5.92. The molecule has 0 radical (unpaired) electrons. The van der Waals surface area contributed by atoms with Gasteiger partial charge in [-0.25, -0.2) is 0 Å². The van der Waals surface area contributed by atoms with E-state index in [4.69, 9.17) is 5.11 Å². The monoisotopic (exact) mass is 283 g/mol. The minimum Gasteiger partial charge on any atom is -0.394 e. The van der Waals surface area contributed by atoms with Gasteiger partial charge in [-0.1, -0.05) is 19.9 Å². The van der Waals surface area contributed by atoms with Gasteiger partial charge in [0.25, 0.3) is 0 Å². The first-order valence-electron chi connectivity index (χ1n) is 6.86. The molecule has 1 rings (SSSR count). The maximum absolute atomic E-state index is 9.73. The van der Waals surface area contributed by atoms with Gasteiger partial charge in [0.2, 0.25) is 0 Å². The number of aryl methyl sites for hydroxylation is 1. The Balaban J connectivity index is 2.64. The highest BCUT2D eigenvalue weighted by Gasteiger charge is 2.23. The zero-order valence-corrected chi connectivity index (χ0v) is 12.2. The Hall–Kier alpha value is -1.14. The Morgan fingerprint density at radius 3 is 2.30 bits per heavy atom. The van der Waals surface area contributed by atoms with E-state index in [0.29, 0.717) is 5.92 Å². The van der Waals surface area contributed by atoms with Crippen LogP contribution in [-0.4, -0.2) is 51.9 Å². The molecule has 0 saturated carbocycles. The van der Waals surface area contributed by atoms with Crippen molar-refractivity contribution in [3.05, 3.63) is 29.3 Å². The molecule has 114 valence electrons. The van der Waals surface area contributed by atoms with Crippen LogP contribution in [-0.2, 0) is 0 Å². The van der Waals surface area contributed by atoms with Gasteiger partial charge >= 0.3 is 0 Å². The van der Waals surface area contributed by atoms with E-state index in [0.717, 1.165) is 5.69 Å². The molecule has 0 bridgehead atoms. The molecule has 0 saturated heterocycles. The van der Waals surface area contributed by atoms with Crippen LogP contribution in [0.3, 0.4) is 0 Å². The van der Waals surface area contributed by atoms with Gasteiger partial charge in [0, 0.05) is 12.2 Å². The summed E-state index contributed by atoms with van der Waals surface area (Å²) >= 11 is 0. The summed E-state index contributed by atoms with van der Waals surface area (Å²) in [5.41, 5.74) is 3.28. The molecular formula is C15H25NO4. The second kappa shape index (κ2) is 7.59. The lowest BCUT2D eigenvalue weighted by atomic mass is 9.97. The number of hydrogen-bond donors (Lipinski definition) is 5. The SMILES string of the molecule is Cc1ccc(NC[C@H](O)[C@H](O)[C@H](O)CO)cc1C(C)C. The van der Waals surface area contributed by atoms with E-state index in [9.17, 15) is 15.3 Å². The molecule has 0 amide bonds. The quantitative estimate of drug-likeness (QED) is 0.505. The van der Waals surface area contributed by atoms with Crippen molar-refractivity contribution in [2.75, 3.05) is 18.5 Å². The number of hydrogen-bond acceptors (Lipinski definition) is 5. The molecular weight excluding hydrogens is 258 g/mol. The van der Waals surface area contributed by atoms with Crippen LogP contribution in [0.1, 0.15) is 30.9 Å². The minimum absolute atomic E-state index is 0.0961. The summed E-state index contributed by atoms with van der Waals surface area (Å²) in [6.07, 6.45) is -3.86. The molecule has 0 unspecified atom stereocenters. The smallest absolute Gasteiger partial charge is 0.110 e. The Bertz CT molecular complexity index is 422. The van der Waals surface area contributed by atoms with Crippen LogP contribution in [0.4, 0.5) is 5.69 Å². The largest absolute Gasteiger partial charge is 0.394 e. The third kappa shape index (κ3) is 4.45. The molecule has 5 nitrogen and oxygen atoms in total. The molecule has 1 aromatic carbocycles. The summed E-state index contributed by atoms with van der Waals surface area (Å²) in [4.78, 5) is 0. The maximum atomic E-state index is 9.73. The average Bonchev–Trinajstić information content (AvgIpc) is 2.43. The first-order chi connectivity index (χ1) is 9.36. The molecule has 0 aromatic heterocycles. The lowest BCUT2D eigenvalue weighted by Crippen LogP contribution is -2.42. The van der Waals surface area contributed by atoms with Crippen LogP contribution >= 0.6 is 0 Å². The second-order valence-corrected chi connectivity index (χ2v) is 5.41. The van der Waals surface area contributed by atoms with Crippen LogP contribution in [0.5, 0.6) is 0 Å². The first kappa shape index (κ1) is 16.9. The normalized spacial score (nSPS) is 16.0. The lowest BCUT2D eigenvalue weighted by Gasteiger charge is -2.22. The van der Waals surface area contributed by atoms with E-state index in [2.05, 4.69) is 26.1 Å². The summed E-state index contributed by atoms with van der Waals surface area (Å²) in [5.74, 6) is 0.406. The van der Waals surface area contributed by atoms with Crippen LogP contribution < -0.4 is 5.32 Å². The average molecular weight is 283 g/mol. The number of aliphatic hydroxyl groups excluding tert-OH is 4. The molecule has 3 atom stereocenters. The van der Waals surface area contributed by atoms with Gasteiger partial charge in [-0.15, -0.1) is 0 Å². The Labute approximate surface area is 119 Å². The molecule has 0 aliphatic carbocycles. The fraction of sp³-hybridized carbons (Fsp3) is 0.600. The molecule has 20 heavy (non-hydrogen) atoms. The lowest BCUT2D eigenvalue weighted by molar-refractivity contribution is -0.0715. The fourth-order valence-corrected chi connectivity index (χ4v) is 2.08. The fourth-order valence-electron chi connectivity index (χ4n) is 2.08. The van der Waals surface area contributed by atoms with E-state index in [1.165, 1.54) is 11.1 Å². The van der Waals surface area contributed by atoms with Crippen LogP contribution in [0.15, 0.2) is 18.2 Å². The number of nitrogens with one attached hydrogen (secondary N) is 1. The van der Waals surface area contributed by atoms with Gasteiger partial charge in [-0.05, 0) is 36.1 Å². The predicted molar refractivity (Wildman–Crippen MR) is 78.9 cm³/mol. The number of rotatable bonds is 7. The summed E-state index contributed by atoms with van der Waals surface area (Å²) in [5, 5.41) is 40.3. The Morgan fingerprint density at radius 2 is 1.75 bits per heavy atom. The van der Waals surface area contributed by atoms with E-state index in [-0.39, 0.29) is 6.54 Å². The highest BCUT2D eigenvalue weighted by atomic mass is 16.4. The van der Waals surface area contributed by atoms with Crippen molar-refractivity contribution in [2.45, 2.75) is 45.0 Å². The summed E-state index contributed by atoms with van der Waals surface area (Å²) in [7, 11) is 0. The zero-order chi connectivity index (χ0) is 15.3. The Morgan fingerprint density at radius 1 is 1.10 bits per heavy atom. The van der Waals surface area contributed by atoms with Gasteiger partial charge < -0.3 is 25.7 Å². The maximum Gasteiger partial charge on any atom is 0.110 e. The van der Waals surface area contributed by atoms with Crippen molar-refractivity contribution >= 4 is 5.69 Å². The van der Waals surface area contributed by atoms with Gasteiger partial charge in [-0.3, -0.25) is 0 Å². The summed E-state index contributed by atoms with van der Waals surface area (Å²) < 4.78 is 0. The predicted octanol–water partition coefficient (Wildman–Crippen LogP) is 0.605. The van der Waals surface area contributed by atoms with Crippen molar-refractivity contribution in [2.24, 2.45) is 0 Å². The highest BCUT2D eigenvalue weighted by molar-refractivity contribution is 5.49. The van der Waals surface area contributed by atoms with Gasteiger partial charge in [0.05, 0.1) is 12.7 Å². The molecule has 1 aromatic rings. The van der Waals surface area contributed by atoms with E-state index >= 15 is 0 Å². The van der Waals surface area contributed by atoms with Gasteiger partial charge in [0.1, 0.15) is 12.2 Å². The number of anilines is 1. The van der Waals surface area contributed by atoms with E-state index in [1.807, 2.05) is 18.2 Å². The van der Waals surface area contributed by atoms with Gasteiger partial charge in [-0.2, -0.15) is 0 Å². The first-order valence-corrected chi connectivity index (χ1v) is 6.86. The molecule has 5 heteroatoms. The Kier molecular flexibility index (Phi) is 6.42. The van der Waals surface area contributed by atoms with Crippen molar-refractivity contribution in [1.29, 1.82) is 0 Å². The minimum atomic E-state index is -1.37. The van der Waals surface area contributed by atoms with Gasteiger partial charge in [0.15, 0.2) is 0 Å². The second-order valence-electron chi connectivity index (χ2n) is 5.41. The molecule has 0 aliphatic rings. The number of benzene rings is 1. The van der Waals surface area contributed by atoms with E-state index < -0.39 is 24.9 Å². The highest BCUT2D eigenvalue weighted by Crippen LogP contribution is 2.22. The van der Waals surface area contributed by atoms with Crippen molar-refractivity contribution in [1.82, 2.24) is 0 Å². The van der Waals surface area contributed by atoms with Crippen molar-refractivity contribution in [3.8, 4) is 0 Å². The summed E-state index contributed by atoms with van der Waals surface area (Å²) in [6.45, 7) is 5.79. The van der Waals surface area contributed by atoms with Crippen LogP contribution in [0.25, 0.3) is 0 Å². The molecule has 0 heterocycles. The molecule has 0 aliphatic heterocycles. The van der Waals surface area contributed by atoms with Crippen LogP contribution in [0.2, 0.25) is 0 Å². The topological polar surface area (TPSA) is 93.0 Å². The third-order valence-electron chi connectivity index (χ3n) is 3.39. The van der Waals surface area contributed by atoms with Crippen LogP contribution in [0, 0.1) is 6.92 Å². The molecule has 0 spiro atoms. The molecule has 5 N–H and O–H groups in total.